The van der Waals surface area contributed by atoms with E-state index in [0.717, 1.165) is 17.3 Å². The van der Waals surface area contributed by atoms with Crippen molar-refractivity contribution in [3.8, 4) is 0 Å². The molecule has 0 heterocycles. The van der Waals surface area contributed by atoms with Crippen LogP contribution in [0.15, 0.2) is 23.7 Å². The quantitative estimate of drug-likeness (QED) is 0.422. The lowest BCUT2D eigenvalue weighted by Gasteiger charge is -2.45. The smallest absolute Gasteiger partial charge is 0.192 e. The van der Waals surface area contributed by atoms with E-state index >= 15 is 0 Å². The normalized spacial score (nSPS) is 26.8. The van der Waals surface area contributed by atoms with Crippen LogP contribution in [0.5, 0.6) is 0 Å². The summed E-state index contributed by atoms with van der Waals surface area (Å²) in [7, 11) is -1.89. The van der Waals surface area contributed by atoms with E-state index in [-0.39, 0.29) is 11.0 Å². The fourth-order valence-electron chi connectivity index (χ4n) is 2.89. The van der Waals surface area contributed by atoms with Crippen molar-refractivity contribution in [1.29, 1.82) is 0 Å². The first-order valence-electron chi connectivity index (χ1n) is 8.09. The Kier molecular flexibility index (Phi) is 6.45. The third-order valence-corrected chi connectivity index (χ3v) is 10.2. The Labute approximate surface area is 145 Å². The minimum atomic E-state index is -1.89. The van der Waals surface area contributed by atoms with Crippen LogP contribution in [-0.2, 0) is 9.22 Å². The van der Waals surface area contributed by atoms with Gasteiger partial charge in [0.2, 0.25) is 0 Å². The summed E-state index contributed by atoms with van der Waals surface area (Å²) < 4.78 is 7.32. The Morgan fingerprint density at radius 3 is 2.55 bits per heavy atom. The molecule has 1 fully saturated rings. The van der Waals surface area contributed by atoms with Crippen LogP contribution in [0.1, 0.15) is 46.5 Å². The van der Waals surface area contributed by atoms with Crippen molar-refractivity contribution >= 4 is 30.0 Å². The minimum absolute atomic E-state index is 0.140. The Hall–Kier alpha value is -0.193. The van der Waals surface area contributed by atoms with Gasteiger partial charge >= 0.3 is 0 Å². The molecule has 0 bridgehead atoms. The second-order valence-corrected chi connectivity index (χ2v) is 14.0. The standard InChI is InChI=1S/C18H31BrO2Si/c1-8-15-10-9-11-16(20)18(15,12-14(2)19)13-21-22(6,7)17(3,4)5/h8,15H,1-2,9-13H2,3-7H3/t15-,18-/m1/s1. The van der Waals surface area contributed by atoms with Gasteiger partial charge in [-0.05, 0) is 47.8 Å². The number of carbonyl (C=O) groups is 1. The maximum absolute atomic E-state index is 12.8. The van der Waals surface area contributed by atoms with E-state index in [1.165, 1.54) is 0 Å². The number of ketones is 1. The number of rotatable bonds is 6. The molecule has 0 aromatic rings. The van der Waals surface area contributed by atoms with Crippen LogP contribution in [0.2, 0.25) is 18.1 Å². The number of hydrogen-bond acceptors (Lipinski definition) is 2. The zero-order valence-corrected chi connectivity index (χ0v) is 17.4. The Bertz CT molecular complexity index is 450. The lowest BCUT2D eigenvalue weighted by molar-refractivity contribution is -0.136. The number of allylic oxidation sites excluding steroid dienone is 2. The molecule has 1 rings (SSSR count). The van der Waals surface area contributed by atoms with Gasteiger partial charge in [-0.15, -0.1) is 6.58 Å². The predicted molar refractivity (Wildman–Crippen MR) is 101 cm³/mol. The van der Waals surface area contributed by atoms with Crippen molar-refractivity contribution in [2.45, 2.75) is 64.6 Å². The molecule has 0 unspecified atom stereocenters. The van der Waals surface area contributed by atoms with Crippen LogP contribution < -0.4 is 0 Å². The molecule has 2 atom stereocenters. The van der Waals surface area contributed by atoms with Gasteiger partial charge in [-0.1, -0.05) is 49.4 Å². The fraction of sp³-hybridized carbons (Fsp3) is 0.722. The molecule has 1 aliphatic carbocycles. The molecular weight excluding hydrogens is 356 g/mol. The van der Waals surface area contributed by atoms with Crippen molar-refractivity contribution < 1.29 is 9.22 Å². The van der Waals surface area contributed by atoms with E-state index < -0.39 is 13.7 Å². The first kappa shape index (κ1) is 19.9. The molecule has 126 valence electrons. The van der Waals surface area contributed by atoms with Gasteiger partial charge in [0.1, 0.15) is 5.78 Å². The van der Waals surface area contributed by atoms with Crippen LogP contribution in [0.3, 0.4) is 0 Å². The minimum Gasteiger partial charge on any atom is -0.416 e. The summed E-state index contributed by atoms with van der Waals surface area (Å²) in [5, 5.41) is 0.140. The third kappa shape index (κ3) is 4.21. The molecule has 1 aliphatic rings. The average Bonchev–Trinajstić information content (AvgIpc) is 2.37. The summed E-state index contributed by atoms with van der Waals surface area (Å²) in [6.07, 6.45) is 5.19. The highest BCUT2D eigenvalue weighted by Gasteiger charge is 2.48. The van der Waals surface area contributed by atoms with Gasteiger partial charge in [-0.3, -0.25) is 4.79 Å². The van der Waals surface area contributed by atoms with Crippen molar-refractivity contribution in [2.24, 2.45) is 11.3 Å². The second kappa shape index (κ2) is 7.14. The van der Waals surface area contributed by atoms with Gasteiger partial charge in [0.25, 0.3) is 0 Å². The Morgan fingerprint density at radius 1 is 1.50 bits per heavy atom. The van der Waals surface area contributed by atoms with Crippen molar-refractivity contribution in [2.75, 3.05) is 6.61 Å². The summed E-state index contributed by atoms with van der Waals surface area (Å²) in [4.78, 5) is 12.8. The lowest BCUT2D eigenvalue weighted by Crippen LogP contribution is -2.50. The summed E-state index contributed by atoms with van der Waals surface area (Å²) in [6, 6.07) is 0. The molecule has 0 N–H and O–H groups in total. The van der Waals surface area contributed by atoms with Crippen LogP contribution in [0, 0.1) is 11.3 Å². The van der Waals surface area contributed by atoms with Gasteiger partial charge in [-0.25, -0.2) is 0 Å². The van der Waals surface area contributed by atoms with E-state index in [1.54, 1.807) is 0 Å². The van der Waals surface area contributed by atoms with E-state index in [9.17, 15) is 4.79 Å². The van der Waals surface area contributed by atoms with Crippen LogP contribution in [0.25, 0.3) is 0 Å². The highest BCUT2D eigenvalue weighted by molar-refractivity contribution is 9.11. The maximum Gasteiger partial charge on any atom is 0.192 e. The molecule has 0 aromatic heterocycles. The molecule has 22 heavy (non-hydrogen) atoms. The van der Waals surface area contributed by atoms with E-state index in [4.69, 9.17) is 4.43 Å². The number of hydrogen-bond donors (Lipinski definition) is 0. The van der Waals surface area contributed by atoms with Gasteiger partial charge in [-0.2, -0.15) is 0 Å². The first-order chi connectivity index (χ1) is 9.96. The molecule has 0 aromatic carbocycles. The molecule has 4 heteroatoms. The van der Waals surface area contributed by atoms with Crippen molar-refractivity contribution in [3.63, 3.8) is 0 Å². The number of halogens is 1. The second-order valence-electron chi connectivity index (χ2n) is 8.06. The van der Waals surface area contributed by atoms with Crippen LogP contribution in [-0.4, -0.2) is 20.7 Å². The Balaban J connectivity index is 3.09. The molecule has 0 amide bonds. The monoisotopic (exact) mass is 386 g/mol. The Morgan fingerprint density at radius 2 is 2.09 bits per heavy atom. The SMILES string of the molecule is C=C[C@@H]1CCCC(=O)[C@@]1(CO[Si](C)(C)C(C)(C)C)CC(=C)Br. The highest BCUT2D eigenvalue weighted by Crippen LogP contribution is 2.47. The molecule has 0 radical (unpaired) electrons. The number of carbonyl (C=O) groups excluding carboxylic acids is 1. The van der Waals surface area contributed by atoms with Crippen molar-refractivity contribution in [1.82, 2.24) is 0 Å². The fourth-order valence-corrected chi connectivity index (χ4v) is 4.45. The zero-order valence-electron chi connectivity index (χ0n) is 14.8. The predicted octanol–water partition coefficient (Wildman–Crippen LogP) is 5.85. The van der Waals surface area contributed by atoms with E-state index in [2.05, 4.69) is 63.0 Å². The van der Waals surface area contributed by atoms with Crippen molar-refractivity contribution in [3.05, 3.63) is 23.7 Å². The summed E-state index contributed by atoms with van der Waals surface area (Å²) in [6.45, 7) is 19.6. The van der Waals surface area contributed by atoms with Gasteiger partial charge < -0.3 is 4.43 Å². The topological polar surface area (TPSA) is 26.3 Å². The molecule has 0 saturated heterocycles. The highest BCUT2D eigenvalue weighted by atomic mass is 79.9. The first-order valence-corrected chi connectivity index (χ1v) is 11.8. The summed E-state index contributed by atoms with van der Waals surface area (Å²) in [5.74, 6) is 0.482. The lowest BCUT2D eigenvalue weighted by atomic mass is 9.64. The molecule has 2 nitrogen and oxygen atoms in total. The van der Waals surface area contributed by atoms with Crippen LogP contribution >= 0.6 is 15.9 Å². The molecule has 1 saturated carbocycles. The maximum atomic E-state index is 12.8. The largest absolute Gasteiger partial charge is 0.416 e. The molecule has 0 aliphatic heterocycles. The molecular formula is C18H31BrO2Si. The summed E-state index contributed by atoms with van der Waals surface area (Å²) >= 11 is 3.46. The van der Waals surface area contributed by atoms with Gasteiger partial charge in [0, 0.05) is 13.0 Å². The van der Waals surface area contributed by atoms with Gasteiger partial charge in [0.15, 0.2) is 8.32 Å². The van der Waals surface area contributed by atoms with Crippen LogP contribution in [0.4, 0.5) is 0 Å². The zero-order chi connectivity index (χ0) is 17.2. The number of Topliss-reactive ketones (excluding diaryl/α,β-unsaturated/α-hetero) is 1. The van der Waals surface area contributed by atoms with E-state index in [1.807, 2.05) is 6.08 Å². The third-order valence-electron chi connectivity index (χ3n) is 5.47. The summed E-state index contributed by atoms with van der Waals surface area (Å²) in [5.41, 5.74) is -0.490. The average molecular weight is 387 g/mol. The van der Waals surface area contributed by atoms with E-state index in [0.29, 0.717) is 25.2 Å². The molecule has 0 spiro atoms. The van der Waals surface area contributed by atoms with Gasteiger partial charge in [0.05, 0.1) is 5.41 Å².